The molecule has 20 heavy (non-hydrogen) atoms. The molecule has 2 N–H and O–H groups in total. The summed E-state index contributed by atoms with van der Waals surface area (Å²) in [6.07, 6.45) is 1.08. The SMILES string of the molecule is NCc1cc(OCC2Cc3ccccc3S2)ccc1Br. The maximum absolute atomic E-state index is 5.92. The van der Waals surface area contributed by atoms with E-state index in [9.17, 15) is 0 Å². The van der Waals surface area contributed by atoms with Crippen LogP contribution in [-0.4, -0.2) is 11.9 Å². The van der Waals surface area contributed by atoms with Crippen LogP contribution in [0, 0.1) is 0 Å². The van der Waals surface area contributed by atoms with Gasteiger partial charge in [0.05, 0.1) is 0 Å². The van der Waals surface area contributed by atoms with E-state index >= 15 is 0 Å². The molecule has 0 radical (unpaired) electrons. The quantitative estimate of drug-likeness (QED) is 0.905. The minimum absolute atomic E-state index is 0.498. The molecule has 1 atom stereocenters. The van der Waals surface area contributed by atoms with Crippen LogP contribution in [0.1, 0.15) is 11.1 Å². The van der Waals surface area contributed by atoms with E-state index < -0.39 is 0 Å². The lowest BCUT2D eigenvalue weighted by molar-refractivity contribution is 0.317. The molecule has 3 rings (SSSR count). The molecule has 0 aliphatic carbocycles. The monoisotopic (exact) mass is 349 g/mol. The largest absolute Gasteiger partial charge is 0.492 e. The van der Waals surface area contributed by atoms with E-state index in [4.69, 9.17) is 10.5 Å². The van der Waals surface area contributed by atoms with Crippen molar-refractivity contribution in [2.24, 2.45) is 5.73 Å². The minimum Gasteiger partial charge on any atom is -0.492 e. The molecule has 104 valence electrons. The van der Waals surface area contributed by atoms with Gasteiger partial charge in [-0.25, -0.2) is 0 Å². The molecule has 2 nitrogen and oxygen atoms in total. The Labute approximate surface area is 131 Å². The van der Waals surface area contributed by atoms with Crippen LogP contribution in [0.3, 0.4) is 0 Å². The number of benzene rings is 2. The normalized spacial score (nSPS) is 17.0. The summed E-state index contributed by atoms with van der Waals surface area (Å²) in [5.74, 6) is 0.894. The number of rotatable bonds is 4. The third-order valence-corrected chi connectivity index (χ3v) is 5.45. The lowest BCUT2D eigenvalue weighted by Gasteiger charge is -2.12. The van der Waals surface area contributed by atoms with Gasteiger partial charge in [-0.15, -0.1) is 11.8 Å². The molecule has 2 aromatic carbocycles. The van der Waals surface area contributed by atoms with Crippen LogP contribution in [0.4, 0.5) is 0 Å². The van der Waals surface area contributed by atoms with E-state index in [0.29, 0.717) is 11.8 Å². The summed E-state index contributed by atoms with van der Waals surface area (Å²) < 4.78 is 6.96. The molecule has 1 aliphatic heterocycles. The first kappa shape index (κ1) is 14.0. The summed E-state index contributed by atoms with van der Waals surface area (Å²) in [5.41, 5.74) is 8.21. The predicted molar refractivity (Wildman–Crippen MR) is 87.3 cm³/mol. The van der Waals surface area contributed by atoms with Gasteiger partial charge >= 0.3 is 0 Å². The highest BCUT2D eigenvalue weighted by Gasteiger charge is 2.22. The van der Waals surface area contributed by atoms with E-state index in [1.54, 1.807) is 0 Å². The Morgan fingerprint density at radius 2 is 2.10 bits per heavy atom. The first-order valence-corrected chi connectivity index (χ1v) is 8.29. The van der Waals surface area contributed by atoms with E-state index in [-0.39, 0.29) is 0 Å². The van der Waals surface area contributed by atoms with Crippen molar-refractivity contribution in [1.29, 1.82) is 0 Å². The molecule has 0 saturated heterocycles. The van der Waals surface area contributed by atoms with Crippen molar-refractivity contribution in [3.8, 4) is 5.75 Å². The fraction of sp³-hybridized carbons (Fsp3) is 0.250. The molecule has 4 heteroatoms. The van der Waals surface area contributed by atoms with Crippen LogP contribution >= 0.6 is 27.7 Å². The Bertz CT molecular complexity index is 592. The average Bonchev–Trinajstić information content (AvgIpc) is 2.89. The van der Waals surface area contributed by atoms with Crippen molar-refractivity contribution in [1.82, 2.24) is 0 Å². The van der Waals surface area contributed by atoms with Gasteiger partial charge in [0, 0.05) is 21.2 Å². The van der Waals surface area contributed by atoms with Gasteiger partial charge in [-0.2, -0.15) is 0 Å². The van der Waals surface area contributed by atoms with E-state index in [0.717, 1.165) is 28.8 Å². The van der Waals surface area contributed by atoms with Crippen LogP contribution in [0.25, 0.3) is 0 Å². The summed E-state index contributed by atoms with van der Waals surface area (Å²) in [6, 6.07) is 14.6. The number of nitrogens with two attached hydrogens (primary N) is 1. The average molecular weight is 350 g/mol. The van der Waals surface area contributed by atoms with Crippen molar-refractivity contribution >= 4 is 27.7 Å². The highest BCUT2D eigenvalue weighted by Crippen LogP contribution is 2.37. The van der Waals surface area contributed by atoms with Gasteiger partial charge in [0.2, 0.25) is 0 Å². The molecule has 0 aromatic heterocycles. The van der Waals surface area contributed by atoms with Gasteiger partial charge in [0.25, 0.3) is 0 Å². The summed E-state index contributed by atoms with van der Waals surface area (Å²) in [7, 11) is 0. The van der Waals surface area contributed by atoms with Crippen molar-refractivity contribution in [2.45, 2.75) is 23.1 Å². The summed E-state index contributed by atoms with van der Waals surface area (Å²) in [4.78, 5) is 1.39. The second-order valence-corrected chi connectivity index (χ2v) is 7.02. The number of hydrogen-bond donors (Lipinski definition) is 1. The predicted octanol–water partition coefficient (Wildman–Crippen LogP) is 4.00. The van der Waals surface area contributed by atoms with Gasteiger partial charge < -0.3 is 10.5 Å². The second kappa shape index (κ2) is 6.20. The summed E-state index contributed by atoms with van der Waals surface area (Å²) >= 11 is 5.40. The van der Waals surface area contributed by atoms with Crippen molar-refractivity contribution < 1.29 is 4.74 Å². The molecule has 0 spiro atoms. The van der Waals surface area contributed by atoms with Gasteiger partial charge in [0.1, 0.15) is 12.4 Å². The maximum atomic E-state index is 5.92. The van der Waals surface area contributed by atoms with Gasteiger partial charge in [-0.05, 0) is 41.8 Å². The van der Waals surface area contributed by atoms with Gasteiger partial charge in [-0.1, -0.05) is 34.1 Å². The van der Waals surface area contributed by atoms with Gasteiger partial charge in [0.15, 0.2) is 0 Å². The Balaban J connectivity index is 1.61. The van der Waals surface area contributed by atoms with Gasteiger partial charge in [-0.3, -0.25) is 0 Å². The number of thioether (sulfide) groups is 1. The Morgan fingerprint density at radius 3 is 2.90 bits per heavy atom. The lowest BCUT2D eigenvalue weighted by Crippen LogP contribution is -2.13. The van der Waals surface area contributed by atoms with Crippen LogP contribution in [-0.2, 0) is 13.0 Å². The van der Waals surface area contributed by atoms with Crippen LogP contribution in [0.2, 0.25) is 0 Å². The molecule has 0 amide bonds. The molecule has 0 saturated carbocycles. The number of halogens is 1. The fourth-order valence-corrected chi connectivity index (χ4v) is 3.96. The third kappa shape index (κ3) is 3.03. The number of ether oxygens (including phenoxy) is 1. The number of fused-ring (bicyclic) bond motifs is 1. The van der Waals surface area contributed by atoms with Crippen molar-refractivity contribution in [2.75, 3.05) is 6.61 Å². The highest BCUT2D eigenvalue weighted by molar-refractivity contribution is 9.10. The first-order valence-electron chi connectivity index (χ1n) is 6.62. The molecule has 2 aromatic rings. The molecule has 1 unspecified atom stereocenters. The molecule has 1 aliphatic rings. The van der Waals surface area contributed by atoms with E-state index in [2.05, 4.69) is 40.2 Å². The summed E-state index contributed by atoms with van der Waals surface area (Å²) in [6.45, 7) is 1.24. The Kier molecular flexibility index (Phi) is 4.34. The van der Waals surface area contributed by atoms with Crippen LogP contribution < -0.4 is 10.5 Å². The molecular weight excluding hydrogens is 334 g/mol. The van der Waals surface area contributed by atoms with E-state index in [1.165, 1.54) is 10.5 Å². The second-order valence-electron chi connectivity index (χ2n) is 4.82. The summed E-state index contributed by atoms with van der Waals surface area (Å²) in [5, 5.41) is 0.498. The highest BCUT2D eigenvalue weighted by atomic mass is 79.9. The van der Waals surface area contributed by atoms with Crippen LogP contribution in [0.15, 0.2) is 51.8 Å². The molecule has 0 fully saturated rings. The number of hydrogen-bond acceptors (Lipinski definition) is 3. The lowest BCUT2D eigenvalue weighted by atomic mass is 10.1. The van der Waals surface area contributed by atoms with Crippen LogP contribution in [0.5, 0.6) is 5.75 Å². The zero-order chi connectivity index (χ0) is 13.9. The third-order valence-electron chi connectivity index (χ3n) is 3.39. The molecular formula is C16H16BrNOS. The molecule has 1 heterocycles. The first-order chi connectivity index (χ1) is 9.76. The fourth-order valence-electron chi connectivity index (χ4n) is 2.33. The maximum Gasteiger partial charge on any atom is 0.119 e. The minimum atomic E-state index is 0.498. The zero-order valence-electron chi connectivity index (χ0n) is 11.0. The Morgan fingerprint density at radius 1 is 1.25 bits per heavy atom. The van der Waals surface area contributed by atoms with Crippen molar-refractivity contribution in [3.63, 3.8) is 0 Å². The zero-order valence-corrected chi connectivity index (χ0v) is 13.4. The van der Waals surface area contributed by atoms with Crippen molar-refractivity contribution in [3.05, 3.63) is 58.1 Å². The molecule has 0 bridgehead atoms. The standard InChI is InChI=1S/C16H16BrNOS/c17-15-6-5-13(7-12(15)9-18)19-10-14-8-11-3-1-2-4-16(11)20-14/h1-7,14H,8-10,18H2. The Hall–Kier alpha value is -0.970. The van der Waals surface area contributed by atoms with E-state index in [1.807, 2.05) is 30.0 Å². The topological polar surface area (TPSA) is 35.2 Å². The smallest absolute Gasteiger partial charge is 0.119 e.